The molecule has 0 aliphatic rings. The molecule has 0 aromatic carbocycles. The summed E-state index contributed by atoms with van der Waals surface area (Å²) >= 11 is 0. The van der Waals surface area contributed by atoms with Crippen LogP contribution in [0.25, 0.3) is 0 Å². The first kappa shape index (κ1) is 20.5. The molecular weight excluding hydrogens is 252 g/mol. The van der Waals surface area contributed by atoms with Crippen LogP contribution < -0.4 is 0 Å². The molecule has 0 aromatic rings. The summed E-state index contributed by atoms with van der Waals surface area (Å²) in [7, 11) is 0. The van der Waals surface area contributed by atoms with Gasteiger partial charge in [-0.1, -0.05) is 109 Å². The molecule has 0 N–H and O–H groups in total. The van der Waals surface area contributed by atoms with Crippen LogP contribution >= 0.6 is 0 Å². The van der Waals surface area contributed by atoms with E-state index in [1.807, 2.05) is 0 Å². The molecule has 0 aromatic heterocycles. The highest BCUT2D eigenvalue weighted by Gasteiger charge is 1.96. The summed E-state index contributed by atoms with van der Waals surface area (Å²) in [6.07, 6.45) is 23.8. The van der Waals surface area contributed by atoms with E-state index in [9.17, 15) is 0 Å². The largest absolute Gasteiger partial charge is 0.0817 e. The first-order valence-electron chi connectivity index (χ1n) is 9.57. The highest BCUT2D eigenvalue weighted by atomic mass is 14.0. The van der Waals surface area contributed by atoms with Gasteiger partial charge in [-0.25, -0.2) is 0 Å². The molecule has 0 saturated carbocycles. The second kappa shape index (κ2) is 15.9. The van der Waals surface area contributed by atoms with Gasteiger partial charge in [0.25, 0.3) is 0 Å². The summed E-state index contributed by atoms with van der Waals surface area (Å²) in [6, 6.07) is 0. The molecule has 124 valence electrons. The molecule has 0 spiro atoms. The van der Waals surface area contributed by atoms with E-state index in [-0.39, 0.29) is 0 Å². The van der Waals surface area contributed by atoms with Crippen LogP contribution in [0.4, 0.5) is 0 Å². The second-order valence-electron chi connectivity index (χ2n) is 6.72. The minimum absolute atomic E-state index is 0.665. The van der Waals surface area contributed by atoms with Gasteiger partial charge < -0.3 is 0 Å². The van der Waals surface area contributed by atoms with Crippen molar-refractivity contribution in [2.45, 2.75) is 105 Å². The Morgan fingerprint density at radius 2 is 1.29 bits per heavy atom. The zero-order valence-electron chi connectivity index (χ0n) is 15.3. The van der Waals surface area contributed by atoms with E-state index in [0.29, 0.717) is 5.92 Å². The van der Waals surface area contributed by atoms with Crippen molar-refractivity contribution >= 4 is 0 Å². The molecule has 0 atom stereocenters. The van der Waals surface area contributed by atoms with E-state index in [1.165, 1.54) is 70.6 Å². The van der Waals surface area contributed by atoms with Gasteiger partial charge in [0.1, 0.15) is 0 Å². The van der Waals surface area contributed by atoms with Crippen LogP contribution in [0.5, 0.6) is 0 Å². The second-order valence-corrected chi connectivity index (χ2v) is 6.72. The topological polar surface area (TPSA) is 0 Å². The zero-order valence-corrected chi connectivity index (χ0v) is 15.3. The summed E-state index contributed by atoms with van der Waals surface area (Å²) in [5, 5.41) is 0. The molecule has 0 saturated heterocycles. The Kier molecular flexibility index (Phi) is 15.5. The quantitative estimate of drug-likeness (QED) is 0.226. The maximum atomic E-state index is 2.40. The van der Waals surface area contributed by atoms with Crippen molar-refractivity contribution in [3.63, 3.8) is 0 Å². The highest BCUT2D eigenvalue weighted by Crippen LogP contribution is 2.15. The number of rotatable bonds is 14. The third kappa shape index (κ3) is 15.7. The Morgan fingerprint density at radius 3 is 1.76 bits per heavy atom. The van der Waals surface area contributed by atoms with E-state index in [4.69, 9.17) is 0 Å². The zero-order chi connectivity index (χ0) is 15.8. The molecule has 0 bridgehead atoms. The molecular formula is C21H40. The third-order valence-electron chi connectivity index (χ3n) is 3.98. The minimum Gasteiger partial charge on any atom is -0.0817 e. The summed E-state index contributed by atoms with van der Waals surface area (Å²) in [5.74, 6) is 0.665. The predicted octanol–water partition coefficient (Wildman–Crippen LogP) is 7.85. The average molecular weight is 293 g/mol. The number of allylic oxidation sites excluding steroid dienone is 4. The Bertz CT molecular complexity index is 257. The van der Waals surface area contributed by atoms with Gasteiger partial charge in [-0.2, -0.15) is 0 Å². The lowest BCUT2D eigenvalue weighted by Crippen LogP contribution is -1.85. The van der Waals surface area contributed by atoms with Gasteiger partial charge >= 0.3 is 0 Å². The SMILES string of the molecule is CCC=C(C=CC(C)C)CCCCCCCCCCCC. The molecule has 0 radical (unpaired) electrons. The molecule has 0 nitrogen and oxygen atoms in total. The Labute approximate surface area is 135 Å². The van der Waals surface area contributed by atoms with Crippen LogP contribution in [-0.4, -0.2) is 0 Å². The molecule has 0 heterocycles. The molecule has 0 amide bonds. The van der Waals surface area contributed by atoms with Crippen molar-refractivity contribution < 1.29 is 0 Å². The van der Waals surface area contributed by atoms with E-state index in [2.05, 4.69) is 45.9 Å². The molecule has 0 aliphatic carbocycles. The van der Waals surface area contributed by atoms with Crippen molar-refractivity contribution in [3.05, 3.63) is 23.8 Å². The molecule has 0 heteroatoms. The summed E-state index contributed by atoms with van der Waals surface area (Å²) < 4.78 is 0. The van der Waals surface area contributed by atoms with E-state index >= 15 is 0 Å². The van der Waals surface area contributed by atoms with Crippen molar-refractivity contribution in [2.24, 2.45) is 5.92 Å². The first-order valence-corrected chi connectivity index (χ1v) is 9.57. The monoisotopic (exact) mass is 292 g/mol. The molecule has 0 rings (SSSR count). The Hall–Kier alpha value is -0.520. The molecule has 0 aliphatic heterocycles. The summed E-state index contributed by atoms with van der Waals surface area (Å²) in [4.78, 5) is 0. The molecule has 0 unspecified atom stereocenters. The normalized spacial score (nSPS) is 12.7. The van der Waals surface area contributed by atoms with Gasteiger partial charge in [0.15, 0.2) is 0 Å². The fraction of sp³-hybridized carbons (Fsp3) is 0.810. The van der Waals surface area contributed by atoms with E-state index in [1.54, 1.807) is 5.57 Å². The fourth-order valence-corrected chi connectivity index (χ4v) is 2.65. The van der Waals surface area contributed by atoms with Crippen LogP contribution in [-0.2, 0) is 0 Å². The number of hydrogen-bond acceptors (Lipinski definition) is 0. The summed E-state index contributed by atoms with van der Waals surface area (Å²) in [6.45, 7) is 9.03. The van der Waals surface area contributed by atoms with Crippen LogP contribution in [0.1, 0.15) is 105 Å². The predicted molar refractivity (Wildman–Crippen MR) is 98.8 cm³/mol. The smallest absolute Gasteiger partial charge is 0.0282 e. The molecule has 0 fully saturated rings. The van der Waals surface area contributed by atoms with E-state index in [0.717, 1.165) is 6.42 Å². The van der Waals surface area contributed by atoms with Gasteiger partial charge in [-0.05, 0) is 25.2 Å². The van der Waals surface area contributed by atoms with Gasteiger partial charge in [-0.15, -0.1) is 0 Å². The summed E-state index contributed by atoms with van der Waals surface area (Å²) in [5.41, 5.74) is 1.55. The van der Waals surface area contributed by atoms with Crippen LogP contribution in [0.2, 0.25) is 0 Å². The van der Waals surface area contributed by atoms with Gasteiger partial charge in [0.05, 0.1) is 0 Å². The van der Waals surface area contributed by atoms with Crippen molar-refractivity contribution in [1.82, 2.24) is 0 Å². The third-order valence-corrected chi connectivity index (χ3v) is 3.98. The van der Waals surface area contributed by atoms with Gasteiger partial charge in [0.2, 0.25) is 0 Å². The molecule has 21 heavy (non-hydrogen) atoms. The fourth-order valence-electron chi connectivity index (χ4n) is 2.65. The van der Waals surface area contributed by atoms with E-state index < -0.39 is 0 Å². The van der Waals surface area contributed by atoms with Crippen LogP contribution in [0.15, 0.2) is 23.8 Å². The first-order chi connectivity index (χ1) is 10.2. The van der Waals surface area contributed by atoms with Crippen LogP contribution in [0.3, 0.4) is 0 Å². The van der Waals surface area contributed by atoms with Crippen molar-refractivity contribution in [2.75, 3.05) is 0 Å². The number of hydrogen-bond donors (Lipinski definition) is 0. The Balaban J connectivity index is 3.52. The lowest BCUT2D eigenvalue weighted by atomic mass is 10.0. The van der Waals surface area contributed by atoms with Gasteiger partial charge in [-0.3, -0.25) is 0 Å². The minimum atomic E-state index is 0.665. The van der Waals surface area contributed by atoms with Gasteiger partial charge in [0, 0.05) is 0 Å². The van der Waals surface area contributed by atoms with Crippen LogP contribution in [0, 0.1) is 5.92 Å². The lowest BCUT2D eigenvalue weighted by molar-refractivity contribution is 0.556. The Morgan fingerprint density at radius 1 is 0.762 bits per heavy atom. The highest BCUT2D eigenvalue weighted by molar-refractivity contribution is 5.18. The lowest BCUT2D eigenvalue weighted by Gasteiger charge is -2.04. The standard InChI is InChI=1S/C21H40/c1-5-7-8-9-10-11-12-13-14-15-17-21(16-6-2)19-18-20(3)4/h16,18-20H,5-15,17H2,1-4H3. The average Bonchev–Trinajstić information content (AvgIpc) is 2.46. The number of unbranched alkanes of at least 4 members (excludes halogenated alkanes) is 9. The van der Waals surface area contributed by atoms with Crippen molar-refractivity contribution in [3.8, 4) is 0 Å². The maximum Gasteiger partial charge on any atom is -0.0282 e. The van der Waals surface area contributed by atoms with Crippen molar-refractivity contribution in [1.29, 1.82) is 0 Å². The maximum absolute atomic E-state index is 2.40.